The second-order valence-electron chi connectivity index (χ2n) is 4.48. The lowest BCUT2D eigenvalue weighted by Crippen LogP contribution is -2.23. The molecule has 0 radical (unpaired) electrons. The van der Waals surface area contributed by atoms with Crippen LogP contribution in [0.25, 0.3) is 0 Å². The van der Waals surface area contributed by atoms with E-state index in [0.717, 1.165) is 17.7 Å². The second-order valence-corrected chi connectivity index (χ2v) is 5.27. The molecule has 0 fully saturated rings. The molecule has 0 amide bonds. The molecular formula is C15H17Cl2IN4O. The molecule has 0 aliphatic rings. The van der Waals surface area contributed by atoms with E-state index in [1.54, 1.807) is 31.5 Å². The number of pyridine rings is 1. The number of nitrogens with two attached hydrogens (primary N) is 1. The number of nitrogens with zero attached hydrogens (tertiary/aromatic N) is 2. The topological polar surface area (TPSA) is 72.5 Å². The van der Waals surface area contributed by atoms with Gasteiger partial charge in [0.2, 0.25) is 0 Å². The number of halogens is 3. The van der Waals surface area contributed by atoms with Crippen molar-refractivity contribution in [2.24, 2.45) is 10.7 Å². The monoisotopic (exact) mass is 466 g/mol. The molecule has 3 N–H and O–H groups in total. The summed E-state index contributed by atoms with van der Waals surface area (Å²) in [5.74, 6) is 0.932. The van der Waals surface area contributed by atoms with Gasteiger partial charge in [0.05, 0.1) is 12.1 Å². The SMILES string of the molecule is COc1ccc(NC(N)=NCCc2ccc(Cl)nc2)cc1Cl.I. The van der Waals surface area contributed by atoms with Crippen LogP contribution in [0.2, 0.25) is 10.2 Å². The third kappa shape index (κ3) is 6.40. The van der Waals surface area contributed by atoms with Gasteiger partial charge < -0.3 is 15.8 Å². The molecular weight excluding hydrogens is 450 g/mol. The molecule has 0 bridgehead atoms. The maximum atomic E-state index is 6.05. The summed E-state index contributed by atoms with van der Waals surface area (Å²) in [6.45, 7) is 0.548. The Morgan fingerprint density at radius 1 is 1.30 bits per heavy atom. The quantitative estimate of drug-likeness (QED) is 0.302. The van der Waals surface area contributed by atoms with Gasteiger partial charge in [-0.2, -0.15) is 0 Å². The summed E-state index contributed by atoms with van der Waals surface area (Å²) < 4.78 is 5.09. The van der Waals surface area contributed by atoms with Gasteiger partial charge in [0.15, 0.2) is 5.96 Å². The van der Waals surface area contributed by atoms with Crippen LogP contribution >= 0.6 is 47.2 Å². The lowest BCUT2D eigenvalue weighted by Gasteiger charge is -2.08. The second kappa shape index (κ2) is 9.79. The number of aliphatic imine (C=N–C) groups is 1. The molecule has 1 aromatic carbocycles. The molecule has 0 unspecified atom stereocenters. The molecule has 0 aliphatic heterocycles. The number of rotatable bonds is 5. The molecule has 1 aromatic heterocycles. The minimum absolute atomic E-state index is 0. The van der Waals surface area contributed by atoms with E-state index in [4.69, 9.17) is 33.7 Å². The first-order valence-corrected chi connectivity index (χ1v) is 7.35. The summed E-state index contributed by atoms with van der Waals surface area (Å²) in [6, 6.07) is 8.97. The van der Waals surface area contributed by atoms with E-state index in [9.17, 15) is 0 Å². The molecule has 23 heavy (non-hydrogen) atoms. The maximum absolute atomic E-state index is 6.05. The molecule has 2 aromatic rings. The summed E-state index contributed by atoms with van der Waals surface area (Å²) in [7, 11) is 1.57. The summed E-state index contributed by atoms with van der Waals surface area (Å²) in [5.41, 5.74) is 7.64. The number of nitrogens with one attached hydrogen (secondary N) is 1. The van der Waals surface area contributed by atoms with Gasteiger partial charge in [-0.25, -0.2) is 4.98 Å². The normalized spacial score (nSPS) is 10.8. The lowest BCUT2D eigenvalue weighted by atomic mass is 10.2. The predicted molar refractivity (Wildman–Crippen MR) is 106 cm³/mol. The van der Waals surface area contributed by atoms with Gasteiger partial charge in [-0.1, -0.05) is 29.3 Å². The molecule has 0 aliphatic carbocycles. The number of guanidine groups is 1. The van der Waals surface area contributed by atoms with Gasteiger partial charge in [-0.05, 0) is 36.2 Å². The third-order valence-corrected chi connectivity index (χ3v) is 3.41. The van der Waals surface area contributed by atoms with Crippen molar-refractivity contribution in [2.75, 3.05) is 19.0 Å². The first kappa shape index (κ1) is 19.8. The van der Waals surface area contributed by atoms with E-state index in [0.29, 0.717) is 28.4 Å². The standard InChI is InChI=1S/C15H16Cl2N4O.HI/c1-22-13-4-3-11(8-12(13)16)21-15(18)19-7-6-10-2-5-14(17)20-9-10;/h2-5,8-9H,6-7H2,1H3,(H3,18,19,21);1H. The zero-order valence-electron chi connectivity index (χ0n) is 12.4. The van der Waals surface area contributed by atoms with E-state index in [1.807, 2.05) is 12.1 Å². The lowest BCUT2D eigenvalue weighted by molar-refractivity contribution is 0.415. The van der Waals surface area contributed by atoms with Gasteiger partial charge >= 0.3 is 0 Å². The van der Waals surface area contributed by atoms with Gasteiger partial charge in [0.1, 0.15) is 10.9 Å². The Hall–Kier alpha value is -1.25. The van der Waals surface area contributed by atoms with Crippen LogP contribution in [0.15, 0.2) is 41.5 Å². The van der Waals surface area contributed by atoms with Crippen molar-refractivity contribution in [1.29, 1.82) is 0 Å². The highest BCUT2D eigenvalue weighted by molar-refractivity contribution is 14.0. The Bertz CT molecular complexity index is 665. The first-order valence-electron chi connectivity index (χ1n) is 6.59. The Labute approximate surface area is 162 Å². The summed E-state index contributed by atoms with van der Waals surface area (Å²) in [5, 5.41) is 3.96. The van der Waals surface area contributed by atoms with E-state index in [1.165, 1.54) is 0 Å². The highest BCUT2D eigenvalue weighted by Crippen LogP contribution is 2.26. The van der Waals surface area contributed by atoms with Crippen molar-refractivity contribution in [3.05, 3.63) is 52.3 Å². The fourth-order valence-corrected chi connectivity index (χ4v) is 2.16. The fourth-order valence-electron chi connectivity index (χ4n) is 1.79. The van der Waals surface area contributed by atoms with Crippen LogP contribution in [-0.4, -0.2) is 24.6 Å². The number of hydrogen-bond acceptors (Lipinski definition) is 3. The van der Waals surface area contributed by atoms with Crippen molar-refractivity contribution >= 4 is 58.8 Å². The van der Waals surface area contributed by atoms with E-state index in [2.05, 4.69) is 15.3 Å². The van der Waals surface area contributed by atoms with Gasteiger partial charge in [-0.15, -0.1) is 24.0 Å². The van der Waals surface area contributed by atoms with Gasteiger partial charge in [-0.3, -0.25) is 4.99 Å². The molecule has 0 spiro atoms. The third-order valence-electron chi connectivity index (χ3n) is 2.90. The Morgan fingerprint density at radius 3 is 2.70 bits per heavy atom. The Kier molecular flexibility index (Phi) is 8.43. The zero-order chi connectivity index (χ0) is 15.9. The van der Waals surface area contributed by atoms with Crippen LogP contribution in [0, 0.1) is 0 Å². The van der Waals surface area contributed by atoms with Crippen LogP contribution < -0.4 is 15.8 Å². The number of benzene rings is 1. The average Bonchev–Trinajstić information content (AvgIpc) is 2.49. The van der Waals surface area contributed by atoms with Gasteiger partial charge in [0.25, 0.3) is 0 Å². The van der Waals surface area contributed by atoms with Crippen LogP contribution in [0.5, 0.6) is 5.75 Å². The maximum Gasteiger partial charge on any atom is 0.193 e. The summed E-state index contributed by atoms with van der Waals surface area (Å²) in [6.07, 6.45) is 2.46. The summed E-state index contributed by atoms with van der Waals surface area (Å²) in [4.78, 5) is 8.27. The van der Waals surface area contributed by atoms with Crippen molar-refractivity contribution in [3.8, 4) is 5.75 Å². The first-order chi connectivity index (χ1) is 10.6. The van der Waals surface area contributed by atoms with Crippen LogP contribution in [0.3, 0.4) is 0 Å². The van der Waals surface area contributed by atoms with Crippen molar-refractivity contribution in [3.63, 3.8) is 0 Å². The summed E-state index contributed by atoms with van der Waals surface area (Å²) >= 11 is 11.8. The number of hydrogen-bond donors (Lipinski definition) is 2. The highest BCUT2D eigenvalue weighted by Gasteiger charge is 2.02. The average molecular weight is 467 g/mol. The smallest absolute Gasteiger partial charge is 0.193 e. The van der Waals surface area contributed by atoms with Crippen molar-refractivity contribution < 1.29 is 4.74 Å². The van der Waals surface area contributed by atoms with Crippen LogP contribution in [0.4, 0.5) is 5.69 Å². The Balaban J connectivity index is 0.00000264. The predicted octanol–water partition coefficient (Wildman–Crippen LogP) is 3.98. The Morgan fingerprint density at radius 2 is 2.09 bits per heavy atom. The highest BCUT2D eigenvalue weighted by atomic mass is 127. The number of aromatic nitrogens is 1. The fraction of sp³-hybridized carbons (Fsp3) is 0.200. The van der Waals surface area contributed by atoms with Gasteiger partial charge in [0, 0.05) is 18.4 Å². The van der Waals surface area contributed by atoms with E-state index in [-0.39, 0.29) is 24.0 Å². The molecule has 124 valence electrons. The minimum atomic E-state index is 0. The minimum Gasteiger partial charge on any atom is -0.495 e. The molecule has 0 atom stereocenters. The van der Waals surface area contributed by atoms with Crippen LogP contribution in [0.1, 0.15) is 5.56 Å². The number of ether oxygens (including phenoxy) is 1. The molecule has 0 saturated carbocycles. The van der Waals surface area contributed by atoms with Crippen LogP contribution in [-0.2, 0) is 6.42 Å². The van der Waals surface area contributed by atoms with Crippen molar-refractivity contribution in [1.82, 2.24) is 4.98 Å². The van der Waals surface area contributed by atoms with E-state index < -0.39 is 0 Å². The number of anilines is 1. The number of methoxy groups -OCH3 is 1. The molecule has 5 nitrogen and oxygen atoms in total. The molecule has 2 rings (SSSR count). The molecule has 8 heteroatoms. The zero-order valence-corrected chi connectivity index (χ0v) is 16.3. The van der Waals surface area contributed by atoms with E-state index >= 15 is 0 Å². The van der Waals surface area contributed by atoms with Crippen molar-refractivity contribution in [2.45, 2.75) is 6.42 Å². The largest absolute Gasteiger partial charge is 0.495 e. The molecule has 0 saturated heterocycles. The molecule has 1 heterocycles.